The molecule has 6 heteroatoms. The van der Waals surface area contributed by atoms with E-state index in [9.17, 15) is 8.42 Å². The van der Waals surface area contributed by atoms with Gasteiger partial charge in [0.1, 0.15) is 0 Å². The van der Waals surface area contributed by atoms with Crippen molar-refractivity contribution in [2.45, 2.75) is 13.0 Å². The van der Waals surface area contributed by atoms with Crippen LogP contribution < -0.4 is 10.5 Å². The van der Waals surface area contributed by atoms with Gasteiger partial charge in [-0.1, -0.05) is 23.7 Å². The number of nitrogens with one attached hydrogen (secondary N) is 1. The lowest BCUT2D eigenvalue weighted by atomic mass is 10.1. The maximum absolute atomic E-state index is 10.7. The minimum atomic E-state index is -3.39. The van der Waals surface area contributed by atoms with Crippen LogP contribution in [0.15, 0.2) is 24.3 Å². The van der Waals surface area contributed by atoms with Crippen molar-refractivity contribution in [2.24, 2.45) is 5.14 Å². The van der Waals surface area contributed by atoms with Crippen molar-refractivity contribution in [3.63, 3.8) is 0 Å². The molecule has 90 valence electrons. The summed E-state index contributed by atoms with van der Waals surface area (Å²) in [6.07, 6.45) is 0. The summed E-state index contributed by atoms with van der Waals surface area (Å²) < 4.78 is 21.4. The van der Waals surface area contributed by atoms with Gasteiger partial charge in [0.15, 0.2) is 0 Å². The normalized spacial score (nSPS) is 13.7. The molecule has 0 aliphatic carbocycles. The molecule has 0 spiro atoms. The summed E-state index contributed by atoms with van der Waals surface area (Å²) in [6.45, 7) is 2.29. The molecule has 0 amide bonds. The minimum Gasteiger partial charge on any atom is -0.309 e. The first-order valence-electron chi connectivity index (χ1n) is 4.88. The molecule has 16 heavy (non-hydrogen) atoms. The van der Waals surface area contributed by atoms with E-state index in [1.54, 1.807) is 12.1 Å². The number of rotatable bonds is 5. The number of hydrogen-bond donors (Lipinski definition) is 2. The fraction of sp³-hybridized carbons (Fsp3) is 0.400. The minimum absolute atomic E-state index is 0.0646. The highest BCUT2D eigenvalue weighted by atomic mass is 35.5. The lowest BCUT2D eigenvalue weighted by Gasteiger charge is -2.13. The van der Waals surface area contributed by atoms with Gasteiger partial charge in [-0.3, -0.25) is 0 Å². The molecule has 0 radical (unpaired) electrons. The van der Waals surface area contributed by atoms with Crippen LogP contribution in [0.25, 0.3) is 0 Å². The molecule has 1 aromatic rings. The van der Waals surface area contributed by atoms with Gasteiger partial charge in [-0.15, -0.1) is 0 Å². The summed E-state index contributed by atoms with van der Waals surface area (Å²) in [5, 5.41) is 8.65. The van der Waals surface area contributed by atoms with E-state index in [-0.39, 0.29) is 11.8 Å². The number of halogens is 1. The number of hydrogen-bond acceptors (Lipinski definition) is 3. The van der Waals surface area contributed by atoms with Gasteiger partial charge in [0.05, 0.1) is 5.75 Å². The van der Waals surface area contributed by atoms with E-state index < -0.39 is 10.0 Å². The lowest BCUT2D eigenvalue weighted by Crippen LogP contribution is -2.28. The van der Waals surface area contributed by atoms with Crippen LogP contribution in [0.3, 0.4) is 0 Å². The van der Waals surface area contributed by atoms with Crippen LogP contribution in [0.2, 0.25) is 5.02 Å². The van der Waals surface area contributed by atoms with E-state index in [0.717, 1.165) is 5.56 Å². The maximum Gasteiger partial charge on any atom is 0.210 e. The van der Waals surface area contributed by atoms with Crippen molar-refractivity contribution in [2.75, 3.05) is 12.3 Å². The summed E-state index contributed by atoms with van der Waals surface area (Å²) >= 11 is 5.76. The molecule has 1 rings (SSSR count). The van der Waals surface area contributed by atoms with Gasteiger partial charge in [-0.25, -0.2) is 13.6 Å². The fourth-order valence-electron chi connectivity index (χ4n) is 1.29. The molecule has 4 nitrogen and oxygen atoms in total. The predicted molar refractivity (Wildman–Crippen MR) is 65.8 cm³/mol. The summed E-state index contributed by atoms with van der Waals surface area (Å²) in [6, 6.07) is 7.47. The highest BCUT2D eigenvalue weighted by molar-refractivity contribution is 7.89. The molecule has 3 N–H and O–H groups in total. The van der Waals surface area contributed by atoms with E-state index in [1.165, 1.54) is 0 Å². The third-order valence-corrected chi connectivity index (χ3v) is 3.23. The highest BCUT2D eigenvalue weighted by Gasteiger charge is 2.06. The van der Waals surface area contributed by atoms with Gasteiger partial charge in [-0.2, -0.15) is 0 Å². The van der Waals surface area contributed by atoms with Crippen molar-refractivity contribution < 1.29 is 8.42 Å². The van der Waals surface area contributed by atoms with Crippen LogP contribution in [0.4, 0.5) is 0 Å². The monoisotopic (exact) mass is 262 g/mol. The predicted octanol–water partition coefficient (Wildman–Crippen LogP) is 1.28. The van der Waals surface area contributed by atoms with E-state index in [4.69, 9.17) is 16.7 Å². The molecule has 0 saturated carbocycles. The Bertz CT molecular complexity index is 431. The third kappa shape index (κ3) is 4.94. The highest BCUT2D eigenvalue weighted by Crippen LogP contribution is 2.15. The average molecular weight is 263 g/mol. The second-order valence-electron chi connectivity index (χ2n) is 3.59. The van der Waals surface area contributed by atoms with Crippen LogP contribution in [0.1, 0.15) is 18.5 Å². The fourth-order valence-corrected chi connectivity index (χ4v) is 1.82. The Morgan fingerprint density at radius 2 is 1.94 bits per heavy atom. The van der Waals surface area contributed by atoms with Crippen LogP contribution in [-0.2, 0) is 10.0 Å². The summed E-state index contributed by atoms with van der Waals surface area (Å²) in [4.78, 5) is 0. The van der Waals surface area contributed by atoms with Crippen molar-refractivity contribution in [1.29, 1.82) is 0 Å². The zero-order valence-corrected chi connectivity index (χ0v) is 10.6. The Morgan fingerprint density at radius 1 is 1.38 bits per heavy atom. The smallest absolute Gasteiger partial charge is 0.210 e. The van der Waals surface area contributed by atoms with E-state index in [2.05, 4.69) is 5.32 Å². The number of primary sulfonamides is 1. The molecular weight excluding hydrogens is 248 g/mol. The Hall–Kier alpha value is -0.620. The molecule has 0 heterocycles. The summed E-state index contributed by atoms with van der Waals surface area (Å²) in [5.74, 6) is -0.0646. The lowest BCUT2D eigenvalue weighted by molar-refractivity contribution is 0.573. The second kappa shape index (κ2) is 5.63. The zero-order chi connectivity index (χ0) is 12.2. The average Bonchev–Trinajstić information content (AvgIpc) is 2.16. The number of benzene rings is 1. The van der Waals surface area contributed by atoms with Gasteiger partial charge in [0.2, 0.25) is 10.0 Å². The molecule has 0 aliphatic heterocycles. The standard InChI is InChI=1S/C10H15ClN2O2S/c1-8(13-6-7-16(12,14)15)9-2-4-10(11)5-3-9/h2-5,8,13H,6-7H2,1H3,(H2,12,14,15)/t8-/m1/s1. The molecule has 1 atom stereocenters. The largest absolute Gasteiger partial charge is 0.309 e. The Kier molecular flexibility index (Phi) is 4.73. The quantitative estimate of drug-likeness (QED) is 0.840. The molecule has 0 fully saturated rings. The summed E-state index contributed by atoms with van der Waals surface area (Å²) in [5.41, 5.74) is 1.05. The van der Waals surface area contributed by atoms with Crippen LogP contribution >= 0.6 is 11.6 Å². The maximum atomic E-state index is 10.7. The molecule has 0 aliphatic rings. The van der Waals surface area contributed by atoms with E-state index in [1.807, 2.05) is 19.1 Å². The number of sulfonamides is 1. The molecule has 1 aromatic carbocycles. The van der Waals surface area contributed by atoms with E-state index in [0.29, 0.717) is 11.6 Å². The van der Waals surface area contributed by atoms with Crippen molar-refractivity contribution in [1.82, 2.24) is 5.32 Å². The molecule has 0 aromatic heterocycles. The first-order valence-corrected chi connectivity index (χ1v) is 6.97. The Morgan fingerprint density at radius 3 is 2.44 bits per heavy atom. The zero-order valence-electron chi connectivity index (χ0n) is 8.98. The van der Waals surface area contributed by atoms with Gasteiger partial charge in [0, 0.05) is 17.6 Å². The molecule has 0 bridgehead atoms. The Balaban J connectivity index is 2.47. The van der Waals surface area contributed by atoms with E-state index >= 15 is 0 Å². The van der Waals surface area contributed by atoms with Gasteiger partial charge >= 0.3 is 0 Å². The summed E-state index contributed by atoms with van der Waals surface area (Å²) in [7, 11) is -3.39. The first-order chi connectivity index (χ1) is 7.38. The Labute approximate surface area is 101 Å². The topological polar surface area (TPSA) is 72.2 Å². The third-order valence-electron chi connectivity index (χ3n) is 2.21. The van der Waals surface area contributed by atoms with Crippen LogP contribution in [0.5, 0.6) is 0 Å². The van der Waals surface area contributed by atoms with Crippen molar-refractivity contribution in [3.05, 3.63) is 34.9 Å². The van der Waals surface area contributed by atoms with Crippen LogP contribution in [0, 0.1) is 0 Å². The molecule has 0 unspecified atom stereocenters. The first kappa shape index (κ1) is 13.4. The molecular formula is C10H15ClN2O2S. The second-order valence-corrected chi connectivity index (χ2v) is 5.76. The number of nitrogens with two attached hydrogens (primary N) is 1. The van der Waals surface area contributed by atoms with Crippen molar-refractivity contribution >= 4 is 21.6 Å². The molecule has 0 saturated heterocycles. The van der Waals surface area contributed by atoms with Crippen LogP contribution in [-0.4, -0.2) is 20.7 Å². The van der Waals surface area contributed by atoms with Gasteiger partial charge in [-0.05, 0) is 24.6 Å². The SMILES string of the molecule is C[C@@H](NCCS(N)(=O)=O)c1ccc(Cl)cc1. The van der Waals surface area contributed by atoms with Gasteiger partial charge in [0.25, 0.3) is 0 Å². The van der Waals surface area contributed by atoms with Crippen molar-refractivity contribution in [3.8, 4) is 0 Å². The van der Waals surface area contributed by atoms with Gasteiger partial charge < -0.3 is 5.32 Å².